The van der Waals surface area contributed by atoms with Gasteiger partial charge in [0.05, 0.1) is 26.4 Å². The molecule has 0 fully saturated rings. The Labute approximate surface area is 530 Å². The molecule has 0 bridgehead atoms. The van der Waals surface area contributed by atoms with Crippen LogP contribution in [0.15, 0.2) is 0 Å². The summed E-state index contributed by atoms with van der Waals surface area (Å²) >= 11 is 0. The van der Waals surface area contributed by atoms with E-state index in [0.29, 0.717) is 25.7 Å². The minimum atomic E-state index is -4.94. The molecule has 3 N–H and O–H groups in total. The number of carbonyl (C=O) groups excluding carboxylic acids is 4. The van der Waals surface area contributed by atoms with Crippen molar-refractivity contribution in [3.05, 3.63) is 0 Å². The predicted molar refractivity (Wildman–Crippen MR) is 349 cm³/mol. The molecule has 516 valence electrons. The van der Waals surface area contributed by atoms with Crippen molar-refractivity contribution >= 4 is 39.5 Å². The Kier molecular flexibility index (Phi) is 60.2. The first kappa shape index (κ1) is 85.1. The van der Waals surface area contributed by atoms with Gasteiger partial charge in [-0.3, -0.25) is 37.3 Å². The van der Waals surface area contributed by atoms with Crippen molar-refractivity contribution in [2.45, 2.75) is 368 Å². The number of aliphatic hydroxyl groups excluding tert-OH is 1. The molecule has 17 nitrogen and oxygen atoms in total. The Balaban J connectivity index is 5.06. The maximum atomic E-state index is 13.0. The number of unbranched alkanes of at least 4 members (excludes halogenated alkanes) is 39. The average Bonchev–Trinajstić information content (AvgIpc) is 3.62. The minimum absolute atomic E-state index is 0.106. The van der Waals surface area contributed by atoms with Gasteiger partial charge in [0.15, 0.2) is 12.2 Å². The van der Waals surface area contributed by atoms with Crippen LogP contribution >= 0.6 is 15.6 Å². The Morgan fingerprint density at radius 3 is 0.816 bits per heavy atom. The van der Waals surface area contributed by atoms with Gasteiger partial charge in [-0.25, -0.2) is 9.13 Å². The molecule has 0 aromatic rings. The zero-order valence-corrected chi connectivity index (χ0v) is 57.9. The number of rotatable bonds is 68. The smallest absolute Gasteiger partial charge is 0.462 e. The highest BCUT2D eigenvalue weighted by Crippen LogP contribution is 2.45. The first-order chi connectivity index (χ1) is 42.1. The highest BCUT2D eigenvalue weighted by atomic mass is 31.2. The van der Waals surface area contributed by atoms with Crippen molar-refractivity contribution in [1.82, 2.24) is 0 Å². The monoisotopic (exact) mass is 1280 g/mol. The molecule has 0 saturated carbocycles. The molecular formula is C68H132O17P2. The first-order valence-electron chi connectivity index (χ1n) is 35.7. The standard InChI is InChI=1S/C68H132O17P2/c1-6-10-13-16-19-31-37-42-47-52-66(71)79-58-64(85-68(73)54-49-44-39-34-30-28-26-24-22-21-23-25-27-29-33-36-40-45-50-61(5)9-4)60-83-87(76,77)81-56-62(69)55-80-86(74,75)82-59-63(57-78-65(70)51-46-41-35-18-15-12-8-3)84-67(72)53-48-43-38-32-20-17-14-11-7-2/h61-64,69H,6-60H2,1-5H3,(H,74,75)(H,76,77)/t61?,62-,63+,64+/m0/s1. The molecule has 0 heterocycles. The quantitative estimate of drug-likeness (QED) is 0.0222. The van der Waals surface area contributed by atoms with E-state index in [2.05, 4.69) is 34.6 Å². The summed E-state index contributed by atoms with van der Waals surface area (Å²) in [6.07, 6.45) is 47.5. The number of phosphoric ester groups is 2. The van der Waals surface area contributed by atoms with Crippen molar-refractivity contribution in [3.8, 4) is 0 Å². The Morgan fingerprint density at radius 2 is 0.552 bits per heavy atom. The summed E-state index contributed by atoms with van der Waals surface area (Å²) in [6.45, 7) is 7.22. The van der Waals surface area contributed by atoms with Crippen molar-refractivity contribution in [3.63, 3.8) is 0 Å². The summed E-state index contributed by atoms with van der Waals surface area (Å²) in [5.41, 5.74) is 0. The maximum Gasteiger partial charge on any atom is 0.472 e. The lowest BCUT2D eigenvalue weighted by Crippen LogP contribution is -2.30. The second kappa shape index (κ2) is 61.6. The Morgan fingerprint density at radius 1 is 0.322 bits per heavy atom. The number of esters is 4. The lowest BCUT2D eigenvalue weighted by molar-refractivity contribution is -0.161. The fraction of sp³-hybridized carbons (Fsp3) is 0.941. The summed E-state index contributed by atoms with van der Waals surface area (Å²) in [5, 5.41) is 10.5. The largest absolute Gasteiger partial charge is 0.472 e. The lowest BCUT2D eigenvalue weighted by Gasteiger charge is -2.21. The van der Waals surface area contributed by atoms with Gasteiger partial charge in [0.2, 0.25) is 0 Å². The van der Waals surface area contributed by atoms with Gasteiger partial charge >= 0.3 is 39.5 Å². The third-order valence-electron chi connectivity index (χ3n) is 16.1. The molecule has 0 aromatic heterocycles. The molecule has 0 spiro atoms. The van der Waals surface area contributed by atoms with E-state index in [4.69, 9.17) is 37.0 Å². The predicted octanol–water partition coefficient (Wildman–Crippen LogP) is 19.4. The summed E-state index contributed by atoms with van der Waals surface area (Å²) in [5.74, 6) is -1.26. The summed E-state index contributed by atoms with van der Waals surface area (Å²) in [6, 6.07) is 0. The molecule has 0 aliphatic carbocycles. The van der Waals surface area contributed by atoms with Gasteiger partial charge in [0.25, 0.3) is 0 Å². The molecule has 3 unspecified atom stereocenters. The number of carbonyl (C=O) groups is 4. The summed E-state index contributed by atoms with van der Waals surface area (Å²) < 4.78 is 67.9. The zero-order chi connectivity index (χ0) is 64.2. The number of hydrogen-bond acceptors (Lipinski definition) is 15. The molecule has 19 heteroatoms. The van der Waals surface area contributed by atoms with E-state index in [9.17, 15) is 43.2 Å². The van der Waals surface area contributed by atoms with Crippen LogP contribution in [0.5, 0.6) is 0 Å². The average molecular weight is 1280 g/mol. The van der Waals surface area contributed by atoms with Gasteiger partial charge in [-0.1, -0.05) is 298 Å². The maximum absolute atomic E-state index is 13.0. The van der Waals surface area contributed by atoms with E-state index < -0.39 is 97.5 Å². The summed E-state index contributed by atoms with van der Waals surface area (Å²) in [4.78, 5) is 72.1. The fourth-order valence-electron chi connectivity index (χ4n) is 10.3. The van der Waals surface area contributed by atoms with E-state index in [0.717, 1.165) is 109 Å². The number of hydrogen-bond donors (Lipinski definition) is 3. The van der Waals surface area contributed by atoms with E-state index in [1.807, 2.05) is 0 Å². The molecule has 0 aliphatic heterocycles. The molecule has 0 aromatic carbocycles. The highest BCUT2D eigenvalue weighted by molar-refractivity contribution is 7.47. The molecule has 0 radical (unpaired) electrons. The van der Waals surface area contributed by atoms with Crippen molar-refractivity contribution in [2.24, 2.45) is 5.92 Å². The van der Waals surface area contributed by atoms with E-state index in [-0.39, 0.29) is 25.7 Å². The molecule has 0 rings (SSSR count). The van der Waals surface area contributed by atoms with Crippen molar-refractivity contribution in [2.75, 3.05) is 39.6 Å². The van der Waals surface area contributed by atoms with Crippen LogP contribution in [0.1, 0.15) is 349 Å². The SMILES string of the molecule is CCCCCCCCCCCC(=O)OC[C@H](COP(=O)(O)OC[C@@H](O)COP(=O)(O)OC[C@@H](COC(=O)CCCCCCCCC)OC(=O)CCCCCCCCCCC)OC(=O)CCCCCCCCCCCCCCCCCCCCC(C)CC. The van der Waals surface area contributed by atoms with Crippen LogP contribution < -0.4 is 0 Å². The van der Waals surface area contributed by atoms with Gasteiger partial charge in [0.1, 0.15) is 19.3 Å². The zero-order valence-electron chi connectivity index (χ0n) is 56.2. The molecule has 87 heavy (non-hydrogen) atoms. The van der Waals surface area contributed by atoms with E-state index in [1.54, 1.807) is 0 Å². The van der Waals surface area contributed by atoms with Crippen molar-refractivity contribution in [1.29, 1.82) is 0 Å². The van der Waals surface area contributed by atoms with E-state index >= 15 is 0 Å². The van der Waals surface area contributed by atoms with E-state index in [1.165, 1.54) is 161 Å². The number of ether oxygens (including phenoxy) is 4. The second-order valence-electron chi connectivity index (χ2n) is 24.8. The van der Waals surface area contributed by atoms with Crippen LogP contribution in [-0.2, 0) is 65.4 Å². The first-order valence-corrected chi connectivity index (χ1v) is 38.7. The minimum Gasteiger partial charge on any atom is -0.462 e. The van der Waals surface area contributed by atoms with Gasteiger partial charge in [-0.05, 0) is 31.6 Å². The third-order valence-corrected chi connectivity index (χ3v) is 18.0. The Hall–Kier alpha value is -1.94. The number of aliphatic hydroxyl groups is 1. The number of phosphoric acid groups is 2. The second-order valence-corrected chi connectivity index (χ2v) is 27.7. The van der Waals surface area contributed by atoms with Crippen molar-refractivity contribution < 1.29 is 80.2 Å². The fourth-order valence-corrected chi connectivity index (χ4v) is 11.8. The van der Waals surface area contributed by atoms with Crippen LogP contribution in [-0.4, -0.2) is 96.7 Å². The normalized spacial score (nSPS) is 14.4. The molecule has 0 aliphatic rings. The van der Waals surface area contributed by atoms with Crippen LogP contribution in [0, 0.1) is 5.92 Å². The topological polar surface area (TPSA) is 237 Å². The van der Waals surface area contributed by atoms with Gasteiger partial charge in [-0.15, -0.1) is 0 Å². The summed E-state index contributed by atoms with van der Waals surface area (Å²) in [7, 11) is -9.88. The molecule has 6 atom stereocenters. The lowest BCUT2D eigenvalue weighted by atomic mass is 9.99. The van der Waals surface area contributed by atoms with Gasteiger partial charge < -0.3 is 33.8 Å². The molecule has 0 amide bonds. The van der Waals surface area contributed by atoms with Crippen LogP contribution in [0.25, 0.3) is 0 Å². The van der Waals surface area contributed by atoms with Crippen LogP contribution in [0.2, 0.25) is 0 Å². The molecule has 0 saturated heterocycles. The van der Waals surface area contributed by atoms with Crippen LogP contribution in [0.4, 0.5) is 0 Å². The third kappa shape index (κ3) is 61.3. The van der Waals surface area contributed by atoms with Crippen LogP contribution in [0.3, 0.4) is 0 Å². The molecular weight excluding hydrogens is 1150 g/mol. The van der Waals surface area contributed by atoms with Gasteiger partial charge in [-0.2, -0.15) is 0 Å². The Bertz CT molecular complexity index is 1690. The van der Waals surface area contributed by atoms with Gasteiger partial charge in [0, 0.05) is 25.7 Å². The highest BCUT2D eigenvalue weighted by Gasteiger charge is 2.30.